The topological polar surface area (TPSA) is 12.0 Å². The molecule has 1 heteroatoms. The molecule has 1 aromatic rings. The Hall–Kier alpha value is -0.820. The summed E-state index contributed by atoms with van der Waals surface area (Å²) in [4.78, 5) is 0. The van der Waals surface area contributed by atoms with Crippen LogP contribution in [0.4, 0.5) is 0 Å². The van der Waals surface area contributed by atoms with Gasteiger partial charge in [0.1, 0.15) is 0 Å². The molecule has 0 aliphatic heterocycles. The van der Waals surface area contributed by atoms with E-state index in [1.807, 2.05) is 0 Å². The highest BCUT2D eigenvalue weighted by Crippen LogP contribution is 2.27. The van der Waals surface area contributed by atoms with E-state index in [0.29, 0.717) is 5.41 Å². The maximum absolute atomic E-state index is 3.59. The Labute approximate surface area is 119 Å². The first-order valence-electron chi connectivity index (χ1n) is 7.57. The van der Waals surface area contributed by atoms with E-state index in [-0.39, 0.29) is 5.54 Å². The molecule has 0 aliphatic rings. The zero-order valence-corrected chi connectivity index (χ0v) is 13.4. The first-order chi connectivity index (χ1) is 8.79. The van der Waals surface area contributed by atoms with Crippen LogP contribution in [0.1, 0.15) is 59.4 Å². The third kappa shape index (κ3) is 8.05. The van der Waals surface area contributed by atoms with Crippen molar-refractivity contribution >= 4 is 0 Å². The maximum Gasteiger partial charge on any atom is 0.00965 e. The SMILES string of the molecule is CC(C)(CCCc1ccccc1)CCNC(C)(C)C. The van der Waals surface area contributed by atoms with E-state index in [9.17, 15) is 0 Å². The van der Waals surface area contributed by atoms with Gasteiger partial charge in [0.2, 0.25) is 0 Å². The van der Waals surface area contributed by atoms with Gasteiger partial charge in [-0.25, -0.2) is 0 Å². The van der Waals surface area contributed by atoms with Crippen LogP contribution < -0.4 is 5.32 Å². The van der Waals surface area contributed by atoms with Crippen molar-refractivity contribution in [1.82, 2.24) is 5.32 Å². The highest BCUT2D eigenvalue weighted by Gasteiger charge is 2.18. The molecule has 0 spiro atoms. The Morgan fingerprint density at radius 1 is 0.895 bits per heavy atom. The summed E-state index contributed by atoms with van der Waals surface area (Å²) >= 11 is 0. The van der Waals surface area contributed by atoms with Crippen LogP contribution in [0, 0.1) is 5.41 Å². The fraction of sp³-hybridized carbons (Fsp3) is 0.667. The molecule has 0 amide bonds. The minimum atomic E-state index is 0.236. The van der Waals surface area contributed by atoms with Crippen molar-refractivity contribution in [3.8, 4) is 0 Å². The zero-order chi connectivity index (χ0) is 14.4. The van der Waals surface area contributed by atoms with Crippen molar-refractivity contribution in [2.75, 3.05) is 6.54 Å². The van der Waals surface area contributed by atoms with Crippen LogP contribution in [-0.2, 0) is 6.42 Å². The van der Waals surface area contributed by atoms with E-state index in [0.717, 1.165) is 6.54 Å². The van der Waals surface area contributed by atoms with Crippen LogP contribution in [0.25, 0.3) is 0 Å². The highest BCUT2D eigenvalue weighted by molar-refractivity contribution is 5.14. The minimum Gasteiger partial charge on any atom is -0.312 e. The standard InChI is InChI=1S/C18H31N/c1-17(2,3)19-15-14-18(4,5)13-9-12-16-10-7-6-8-11-16/h6-8,10-11,19H,9,12-15H2,1-5H3. The molecule has 1 N–H and O–H groups in total. The monoisotopic (exact) mass is 261 g/mol. The second-order valence-electron chi connectivity index (χ2n) is 7.43. The normalized spacial score (nSPS) is 12.7. The Morgan fingerprint density at radius 2 is 1.53 bits per heavy atom. The second-order valence-corrected chi connectivity index (χ2v) is 7.43. The molecule has 0 saturated heterocycles. The molecular weight excluding hydrogens is 230 g/mol. The summed E-state index contributed by atoms with van der Waals surface area (Å²) in [5.41, 5.74) is 2.14. The predicted octanol–water partition coefficient (Wildman–Crippen LogP) is 4.81. The lowest BCUT2D eigenvalue weighted by Crippen LogP contribution is -2.37. The molecular formula is C18H31N. The third-order valence-corrected chi connectivity index (χ3v) is 3.62. The molecule has 1 nitrogen and oxygen atoms in total. The quantitative estimate of drug-likeness (QED) is 0.742. The van der Waals surface area contributed by atoms with Gasteiger partial charge >= 0.3 is 0 Å². The third-order valence-electron chi connectivity index (χ3n) is 3.62. The van der Waals surface area contributed by atoms with Gasteiger partial charge in [-0.2, -0.15) is 0 Å². The maximum atomic E-state index is 3.59. The summed E-state index contributed by atoms with van der Waals surface area (Å²) < 4.78 is 0. The molecule has 0 aliphatic carbocycles. The minimum absolute atomic E-state index is 0.236. The molecule has 0 unspecified atom stereocenters. The molecule has 1 rings (SSSR count). The van der Waals surface area contributed by atoms with Gasteiger partial charge in [-0.15, -0.1) is 0 Å². The molecule has 19 heavy (non-hydrogen) atoms. The molecule has 0 fully saturated rings. The Kier molecular flexibility index (Phi) is 6.06. The summed E-state index contributed by atoms with van der Waals surface area (Å²) in [6.45, 7) is 12.6. The van der Waals surface area contributed by atoms with E-state index >= 15 is 0 Å². The van der Waals surface area contributed by atoms with Gasteiger partial charge in [-0.3, -0.25) is 0 Å². The molecule has 0 atom stereocenters. The van der Waals surface area contributed by atoms with E-state index in [2.05, 4.69) is 70.3 Å². The molecule has 108 valence electrons. The second kappa shape index (κ2) is 7.09. The van der Waals surface area contributed by atoms with E-state index in [1.165, 1.54) is 31.2 Å². The lowest BCUT2D eigenvalue weighted by molar-refractivity contribution is 0.278. The van der Waals surface area contributed by atoms with E-state index in [4.69, 9.17) is 0 Å². The summed E-state index contributed by atoms with van der Waals surface area (Å²) in [7, 11) is 0. The fourth-order valence-corrected chi connectivity index (χ4v) is 2.32. The van der Waals surface area contributed by atoms with Gasteiger partial charge in [0.05, 0.1) is 0 Å². The van der Waals surface area contributed by atoms with Crippen molar-refractivity contribution in [2.45, 2.75) is 65.8 Å². The predicted molar refractivity (Wildman–Crippen MR) is 85.5 cm³/mol. The van der Waals surface area contributed by atoms with Crippen LogP contribution in [0.3, 0.4) is 0 Å². The van der Waals surface area contributed by atoms with Crippen molar-refractivity contribution in [3.05, 3.63) is 35.9 Å². The average Bonchev–Trinajstić information content (AvgIpc) is 2.28. The molecule has 0 heterocycles. The zero-order valence-electron chi connectivity index (χ0n) is 13.4. The van der Waals surface area contributed by atoms with Gasteiger partial charge in [0.25, 0.3) is 0 Å². The van der Waals surface area contributed by atoms with Crippen molar-refractivity contribution in [2.24, 2.45) is 5.41 Å². The molecule has 1 aromatic carbocycles. The van der Waals surface area contributed by atoms with Crippen molar-refractivity contribution in [3.63, 3.8) is 0 Å². The van der Waals surface area contributed by atoms with E-state index < -0.39 is 0 Å². The summed E-state index contributed by atoms with van der Waals surface area (Å²) in [5, 5.41) is 3.59. The Balaban J connectivity index is 2.23. The van der Waals surface area contributed by atoms with Crippen LogP contribution in [0.5, 0.6) is 0 Å². The number of nitrogens with one attached hydrogen (secondary N) is 1. The molecule has 0 saturated carbocycles. The molecule has 0 radical (unpaired) electrons. The van der Waals surface area contributed by atoms with Crippen LogP contribution in [-0.4, -0.2) is 12.1 Å². The number of benzene rings is 1. The van der Waals surface area contributed by atoms with Crippen LogP contribution in [0.15, 0.2) is 30.3 Å². The van der Waals surface area contributed by atoms with Gasteiger partial charge in [0.15, 0.2) is 0 Å². The van der Waals surface area contributed by atoms with Crippen molar-refractivity contribution in [1.29, 1.82) is 0 Å². The smallest absolute Gasteiger partial charge is 0.00965 e. The van der Waals surface area contributed by atoms with Gasteiger partial charge in [-0.05, 0) is 64.0 Å². The first kappa shape index (κ1) is 16.2. The van der Waals surface area contributed by atoms with Crippen LogP contribution in [0.2, 0.25) is 0 Å². The molecule has 0 bridgehead atoms. The molecule has 0 aromatic heterocycles. The number of rotatable bonds is 7. The van der Waals surface area contributed by atoms with E-state index in [1.54, 1.807) is 0 Å². The number of aryl methyl sites for hydroxylation is 1. The van der Waals surface area contributed by atoms with Crippen molar-refractivity contribution < 1.29 is 0 Å². The largest absolute Gasteiger partial charge is 0.312 e. The van der Waals surface area contributed by atoms with Crippen LogP contribution >= 0.6 is 0 Å². The summed E-state index contributed by atoms with van der Waals surface area (Å²) in [5.74, 6) is 0. The first-order valence-corrected chi connectivity index (χ1v) is 7.57. The number of hydrogen-bond donors (Lipinski definition) is 1. The van der Waals surface area contributed by atoms with Gasteiger partial charge in [-0.1, -0.05) is 44.2 Å². The fourth-order valence-electron chi connectivity index (χ4n) is 2.32. The summed E-state index contributed by atoms with van der Waals surface area (Å²) in [6.07, 6.45) is 5.04. The van der Waals surface area contributed by atoms with Gasteiger partial charge in [0, 0.05) is 5.54 Å². The number of hydrogen-bond acceptors (Lipinski definition) is 1. The van der Waals surface area contributed by atoms with Gasteiger partial charge < -0.3 is 5.32 Å². The average molecular weight is 261 g/mol. The Morgan fingerprint density at radius 3 is 2.11 bits per heavy atom. The lowest BCUT2D eigenvalue weighted by atomic mass is 9.83. The Bertz CT molecular complexity index is 346. The highest BCUT2D eigenvalue weighted by atomic mass is 14.9. The summed E-state index contributed by atoms with van der Waals surface area (Å²) in [6, 6.07) is 10.8. The lowest BCUT2D eigenvalue weighted by Gasteiger charge is -2.28.